The molecule has 0 rings (SSSR count). The molecule has 0 radical (unpaired) electrons. The number of esters is 1. The third kappa shape index (κ3) is 3.85. The van der Waals surface area contributed by atoms with Crippen molar-refractivity contribution in [3.8, 4) is 0 Å². The highest BCUT2D eigenvalue weighted by Crippen LogP contribution is 2.12. The highest BCUT2D eigenvalue weighted by Gasteiger charge is 2.37. The van der Waals surface area contributed by atoms with Crippen LogP contribution >= 0.6 is 0 Å². The largest absolute Gasteiger partial charge is 0.476 e. The van der Waals surface area contributed by atoms with E-state index in [1.165, 1.54) is 0 Å². The number of carboxylic acids is 1. The molecule has 0 saturated carbocycles. The summed E-state index contributed by atoms with van der Waals surface area (Å²) in [7, 11) is 0. The lowest BCUT2D eigenvalue weighted by Crippen LogP contribution is -2.46. The Morgan fingerprint density at radius 3 is 2.33 bits per heavy atom. The summed E-state index contributed by atoms with van der Waals surface area (Å²) in [5.41, 5.74) is 5.50. The van der Waals surface area contributed by atoms with Gasteiger partial charge in [-0.1, -0.05) is 20.3 Å². The van der Waals surface area contributed by atoms with Gasteiger partial charge in [-0.2, -0.15) is 0 Å². The Bertz CT molecular complexity index is 251. The van der Waals surface area contributed by atoms with Gasteiger partial charge in [0.2, 0.25) is 0 Å². The number of carboxylic acid groups (broad SMARTS) is 1. The summed E-state index contributed by atoms with van der Waals surface area (Å²) in [5.74, 6) is -5.21. The van der Waals surface area contributed by atoms with Crippen molar-refractivity contribution in [3.63, 3.8) is 0 Å². The Balaban J connectivity index is 4.43. The molecule has 6 nitrogen and oxygen atoms in total. The maximum atomic E-state index is 11.3. The predicted octanol–water partition coefficient (Wildman–Crippen LogP) is -0.304. The molecule has 88 valence electrons. The molecule has 0 aliphatic heterocycles. The zero-order valence-corrected chi connectivity index (χ0v) is 9.06. The van der Waals surface area contributed by atoms with Crippen molar-refractivity contribution in [2.24, 2.45) is 11.7 Å². The van der Waals surface area contributed by atoms with Gasteiger partial charge >= 0.3 is 17.7 Å². The highest BCUT2D eigenvalue weighted by atomic mass is 16.7. The lowest BCUT2D eigenvalue weighted by molar-refractivity contribution is -0.218. The number of hydrogen-bond donors (Lipinski definition) is 3. The Kier molecular flexibility index (Phi) is 4.70. The third-order valence-corrected chi connectivity index (χ3v) is 2.23. The Morgan fingerprint density at radius 2 is 2.00 bits per heavy atom. The van der Waals surface area contributed by atoms with Crippen molar-refractivity contribution in [1.29, 1.82) is 0 Å². The van der Waals surface area contributed by atoms with Crippen LogP contribution in [0.25, 0.3) is 0 Å². The first kappa shape index (κ1) is 13.9. The molecular formula is C9H17NO5. The fraction of sp³-hybridized carbons (Fsp3) is 0.778. The van der Waals surface area contributed by atoms with Crippen molar-refractivity contribution in [2.45, 2.75) is 39.0 Å². The van der Waals surface area contributed by atoms with E-state index in [0.717, 1.165) is 6.92 Å². The van der Waals surface area contributed by atoms with E-state index in [1.807, 2.05) is 6.92 Å². The first-order valence-corrected chi connectivity index (χ1v) is 4.66. The first-order valence-electron chi connectivity index (χ1n) is 4.66. The molecule has 15 heavy (non-hydrogen) atoms. The van der Waals surface area contributed by atoms with Gasteiger partial charge in [0.25, 0.3) is 0 Å². The molecule has 0 aliphatic rings. The number of hydrogen-bond acceptors (Lipinski definition) is 5. The summed E-state index contributed by atoms with van der Waals surface area (Å²) in [5, 5.41) is 17.7. The number of ether oxygens (including phenoxy) is 1. The molecule has 0 saturated heterocycles. The van der Waals surface area contributed by atoms with Crippen LogP contribution in [0.4, 0.5) is 0 Å². The van der Waals surface area contributed by atoms with Gasteiger partial charge in [0.1, 0.15) is 6.04 Å². The molecule has 0 bridgehead atoms. The molecule has 0 fully saturated rings. The molecule has 0 aromatic heterocycles. The monoisotopic (exact) mass is 219 g/mol. The standard InChI is InChI=1S/C9H17NO5/c1-4-5(2)6(10)7(11)15-9(3,14)8(12)13/h5-6,14H,4,10H2,1-3H3,(H,12,13). The first-order chi connectivity index (χ1) is 6.72. The van der Waals surface area contributed by atoms with Crippen LogP contribution in [-0.2, 0) is 14.3 Å². The SMILES string of the molecule is CCC(C)C(N)C(=O)OC(C)(O)C(=O)O. The lowest BCUT2D eigenvalue weighted by atomic mass is 10.0. The van der Waals surface area contributed by atoms with E-state index in [4.69, 9.17) is 15.9 Å². The number of aliphatic hydroxyl groups is 1. The van der Waals surface area contributed by atoms with Crippen LogP contribution in [-0.4, -0.2) is 34.0 Å². The Morgan fingerprint density at radius 1 is 1.53 bits per heavy atom. The van der Waals surface area contributed by atoms with Crippen LogP contribution in [0, 0.1) is 5.92 Å². The Labute approximate surface area is 88.0 Å². The molecule has 0 spiro atoms. The molecule has 3 atom stereocenters. The van der Waals surface area contributed by atoms with E-state index in [9.17, 15) is 9.59 Å². The smallest absolute Gasteiger partial charge is 0.376 e. The van der Waals surface area contributed by atoms with E-state index in [1.54, 1.807) is 6.92 Å². The lowest BCUT2D eigenvalue weighted by Gasteiger charge is -2.23. The minimum atomic E-state index is -2.53. The molecule has 6 heteroatoms. The number of carbonyl (C=O) groups excluding carboxylic acids is 1. The van der Waals surface area contributed by atoms with Crippen LogP contribution in [0.5, 0.6) is 0 Å². The average molecular weight is 219 g/mol. The summed E-state index contributed by atoms with van der Waals surface area (Å²) in [6.45, 7) is 4.45. The molecule has 3 unspecified atom stereocenters. The zero-order valence-electron chi connectivity index (χ0n) is 9.06. The molecule has 0 aromatic rings. The normalized spacial score (nSPS) is 18.7. The maximum Gasteiger partial charge on any atom is 0.376 e. The predicted molar refractivity (Wildman–Crippen MR) is 51.8 cm³/mol. The van der Waals surface area contributed by atoms with Gasteiger partial charge in [-0.25, -0.2) is 4.79 Å². The molecule has 0 aromatic carbocycles. The Hall–Kier alpha value is -1.14. The summed E-state index contributed by atoms with van der Waals surface area (Å²) in [6.07, 6.45) is 0.658. The highest BCUT2D eigenvalue weighted by molar-refractivity contribution is 5.82. The topological polar surface area (TPSA) is 110 Å². The van der Waals surface area contributed by atoms with Crippen molar-refractivity contribution < 1.29 is 24.5 Å². The summed E-state index contributed by atoms with van der Waals surface area (Å²) in [4.78, 5) is 21.7. The van der Waals surface area contributed by atoms with Gasteiger partial charge in [-0.3, -0.25) is 4.79 Å². The quantitative estimate of drug-likeness (QED) is 0.432. The van der Waals surface area contributed by atoms with E-state index in [-0.39, 0.29) is 5.92 Å². The number of aliphatic carboxylic acids is 1. The second-order valence-electron chi connectivity index (χ2n) is 3.62. The molecular weight excluding hydrogens is 202 g/mol. The van der Waals surface area contributed by atoms with Gasteiger partial charge in [0.05, 0.1) is 0 Å². The summed E-state index contributed by atoms with van der Waals surface area (Å²) >= 11 is 0. The van der Waals surface area contributed by atoms with Crippen LogP contribution < -0.4 is 5.73 Å². The second kappa shape index (κ2) is 5.09. The summed E-state index contributed by atoms with van der Waals surface area (Å²) in [6, 6.07) is -0.930. The van der Waals surface area contributed by atoms with Crippen molar-refractivity contribution in [1.82, 2.24) is 0 Å². The van der Waals surface area contributed by atoms with Crippen LogP contribution in [0.1, 0.15) is 27.2 Å². The van der Waals surface area contributed by atoms with Crippen molar-refractivity contribution >= 4 is 11.9 Å². The van der Waals surface area contributed by atoms with E-state index < -0.39 is 23.8 Å². The molecule has 4 N–H and O–H groups in total. The van der Waals surface area contributed by atoms with Crippen LogP contribution in [0.2, 0.25) is 0 Å². The van der Waals surface area contributed by atoms with Crippen LogP contribution in [0.3, 0.4) is 0 Å². The average Bonchev–Trinajstić information content (AvgIpc) is 2.14. The zero-order chi connectivity index (χ0) is 12.2. The fourth-order valence-corrected chi connectivity index (χ4v) is 0.794. The van der Waals surface area contributed by atoms with Gasteiger partial charge < -0.3 is 20.7 Å². The molecule has 0 aliphatic carbocycles. The van der Waals surface area contributed by atoms with E-state index in [0.29, 0.717) is 6.42 Å². The van der Waals surface area contributed by atoms with Crippen LogP contribution in [0.15, 0.2) is 0 Å². The van der Waals surface area contributed by atoms with Gasteiger partial charge in [0, 0.05) is 6.92 Å². The minimum absolute atomic E-state index is 0.137. The number of rotatable bonds is 5. The van der Waals surface area contributed by atoms with Crippen molar-refractivity contribution in [2.75, 3.05) is 0 Å². The number of nitrogens with two attached hydrogens (primary N) is 1. The number of carbonyl (C=O) groups is 2. The fourth-order valence-electron chi connectivity index (χ4n) is 0.794. The maximum absolute atomic E-state index is 11.3. The van der Waals surface area contributed by atoms with Crippen molar-refractivity contribution in [3.05, 3.63) is 0 Å². The molecule has 0 heterocycles. The van der Waals surface area contributed by atoms with E-state index >= 15 is 0 Å². The van der Waals surface area contributed by atoms with Gasteiger partial charge in [-0.05, 0) is 5.92 Å². The summed E-state index contributed by atoms with van der Waals surface area (Å²) < 4.78 is 4.38. The second-order valence-corrected chi connectivity index (χ2v) is 3.62. The van der Waals surface area contributed by atoms with E-state index in [2.05, 4.69) is 4.74 Å². The van der Waals surface area contributed by atoms with Gasteiger partial charge in [0.15, 0.2) is 0 Å². The minimum Gasteiger partial charge on any atom is -0.476 e. The third-order valence-electron chi connectivity index (χ3n) is 2.23. The molecule has 0 amide bonds. The van der Waals surface area contributed by atoms with Gasteiger partial charge in [-0.15, -0.1) is 0 Å².